The van der Waals surface area contributed by atoms with Gasteiger partial charge in [0, 0.05) is 11.5 Å². The number of hydrogen-bond acceptors (Lipinski definition) is 8. The second-order valence-corrected chi connectivity index (χ2v) is 8.46. The molecule has 0 saturated heterocycles. The smallest absolute Gasteiger partial charge is 0.312 e. The lowest BCUT2D eigenvalue weighted by molar-refractivity contribution is -0.135. The molecule has 1 aliphatic rings. The van der Waals surface area contributed by atoms with Gasteiger partial charge in [-0.25, -0.2) is 0 Å². The monoisotopic (exact) mass is 501 g/mol. The topological polar surface area (TPSA) is 127 Å². The maximum Gasteiger partial charge on any atom is 0.312 e. The summed E-state index contributed by atoms with van der Waals surface area (Å²) in [6, 6.07) is 15.4. The molecule has 0 bridgehead atoms. The Morgan fingerprint density at radius 3 is 2.59 bits per heavy atom. The molecule has 1 aromatic heterocycles. The predicted octanol–water partition coefficient (Wildman–Crippen LogP) is 3.78. The first-order valence-corrected chi connectivity index (χ1v) is 11.4. The Morgan fingerprint density at radius 1 is 1.03 bits per heavy atom. The number of esters is 1. The van der Waals surface area contributed by atoms with Gasteiger partial charge in [-0.2, -0.15) is 0 Å². The molecular weight excluding hydrogens is 478 g/mol. The van der Waals surface area contributed by atoms with Crippen molar-refractivity contribution in [2.75, 3.05) is 20.8 Å². The first-order chi connectivity index (χ1) is 17.9. The number of carbonyl (C=O) groups is 2. The van der Waals surface area contributed by atoms with Gasteiger partial charge in [-0.15, -0.1) is 0 Å². The summed E-state index contributed by atoms with van der Waals surface area (Å²) >= 11 is 0. The maximum atomic E-state index is 13.6. The third-order valence-electron chi connectivity index (χ3n) is 6.22. The van der Waals surface area contributed by atoms with Crippen LogP contribution in [0.2, 0.25) is 0 Å². The first-order valence-electron chi connectivity index (χ1n) is 11.4. The Bertz CT molecular complexity index is 1590. The van der Waals surface area contributed by atoms with Crippen LogP contribution < -0.4 is 30.1 Å². The number of hydrogen-bond donors (Lipinski definition) is 1. The number of carbonyl (C=O) groups excluding carboxylic acids is 2. The Morgan fingerprint density at radius 2 is 1.84 bits per heavy atom. The van der Waals surface area contributed by atoms with Gasteiger partial charge >= 0.3 is 5.97 Å². The van der Waals surface area contributed by atoms with E-state index in [4.69, 9.17) is 29.1 Å². The van der Waals surface area contributed by atoms with Gasteiger partial charge < -0.3 is 29.1 Å². The molecule has 37 heavy (non-hydrogen) atoms. The lowest BCUT2D eigenvalue weighted by Gasteiger charge is -2.25. The summed E-state index contributed by atoms with van der Waals surface area (Å²) in [7, 11) is 3.06. The number of methoxy groups -OCH3 is 2. The molecule has 1 amide bonds. The van der Waals surface area contributed by atoms with E-state index in [1.165, 1.54) is 20.5 Å². The highest BCUT2D eigenvalue weighted by molar-refractivity contribution is 5.90. The summed E-state index contributed by atoms with van der Waals surface area (Å²) < 4.78 is 27.6. The minimum atomic E-state index is -0.602. The number of amides is 1. The van der Waals surface area contributed by atoms with Crippen LogP contribution in [0.25, 0.3) is 22.1 Å². The van der Waals surface area contributed by atoms with Crippen molar-refractivity contribution in [1.82, 2.24) is 0 Å². The van der Waals surface area contributed by atoms with Crippen LogP contribution in [-0.2, 0) is 9.59 Å². The van der Waals surface area contributed by atoms with Crippen LogP contribution in [0.4, 0.5) is 0 Å². The van der Waals surface area contributed by atoms with Crippen LogP contribution in [0.5, 0.6) is 23.0 Å². The summed E-state index contributed by atoms with van der Waals surface area (Å²) in [5.74, 6) is 0.285. The molecule has 0 radical (unpaired) electrons. The third-order valence-corrected chi connectivity index (χ3v) is 6.22. The average molecular weight is 501 g/mol. The van der Waals surface area contributed by atoms with Crippen LogP contribution in [-0.4, -0.2) is 32.7 Å². The summed E-state index contributed by atoms with van der Waals surface area (Å²) in [4.78, 5) is 37.1. The van der Waals surface area contributed by atoms with Gasteiger partial charge in [-0.3, -0.25) is 14.4 Å². The van der Waals surface area contributed by atoms with E-state index >= 15 is 0 Å². The number of ether oxygens (including phenoxy) is 4. The van der Waals surface area contributed by atoms with Crippen LogP contribution in [0.15, 0.2) is 70.1 Å². The molecule has 2 N–H and O–H groups in total. The molecule has 0 unspecified atom stereocenters. The molecular formula is C28H23NO8. The van der Waals surface area contributed by atoms with Crippen LogP contribution in [0.1, 0.15) is 23.5 Å². The van der Waals surface area contributed by atoms with E-state index < -0.39 is 17.8 Å². The van der Waals surface area contributed by atoms with Gasteiger partial charge in [0.1, 0.15) is 23.3 Å². The van der Waals surface area contributed by atoms with Gasteiger partial charge in [-0.05, 0) is 47.5 Å². The van der Waals surface area contributed by atoms with Crippen LogP contribution >= 0.6 is 0 Å². The number of benzene rings is 3. The molecule has 0 spiro atoms. The zero-order valence-corrected chi connectivity index (χ0v) is 20.1. The number of nitrogens with two attached hydrogens (primary N) is 1. The highest BCUT2D eigenvalue weighted by Crippen LogP contribution is 2.43. The van der Waals surface area contributed by atoms with Crippen molar-refractivity contribution >= 4 is 22.8 Å². The minimum absolute atomic E-state index is 0.0343. The molecule has 9 heteroatoms. The first kappa shape index (κ1) is 23.9. The SMILES string of the molecule is COc1ccc(-c2coc3c4c(ccc3c2=O)OC(=O)C[C@H]4c2cccc(OCC(N)=O)c2)cc1OC. The highest BCUT2D eigenvalue weighted by atomic mass is 16.5. The molecule has 0 aliphatic carbocycles. The van der Waals surface area contributed by atoms with Crippen molar-refractivity contribution in [2.24, 2.45) is 5.73 Å². The van der Waals surface area contributed by atoms with Crippen molar-refractivity contribution in [1.29, 1.82) is 0 Å². The van der Waals surface area contributed by atoms with E-state index in [-0.39, 0.29) is 18.5 Å². The lowest BCUT2D eigenvalue weighted by atomic mass is 9.85. The van der Waals surface area contributed by atoms with Gasteiger partial charge in [0.05, 0.1) is 31.6 Å². The van der Waals surface area contributed by atoms with Crippen LogP contribution in [0, 0.1) is 0 Å². The molecule has 1 atom stereocenters. The zero-order valence-electron chi connectivity index (χ0n) is 20.1. The maximum absolute atomic E-state index is 13.6. The fraction of sp³-hybridized carbons (Fsp3) is 0.179. The van der Waals surface area contributed by atoms with Gasteiger partial charge in [0.2, 0.25) is 5.43 Å². The Kier molecular flexibility index (Phi) is 6.27. The van der Waals surface area contributed by atoms with Crippen molar-refractivity contribution in [3.8, 4) is 34.1 Å². The molecule has 4 aromatic rings. The molecule has 2 heterocycles. The second-order valence-electron chi connectivity index (χ2n) is 8.46. The fourth-order valence-electron chi connectivity index (χ4n) is 4.52. The molecule has 188 valence electrons. The second kappa shape index (κ2) is 9.69. The van der Waals surface area contributed by atoms with E-state index in [2.05, 4.69) is 0 Å². The standard InChI is InChI=1S/C28H23NO8/c1-33-21-8-6-16(11-23(21)34-2)20-13-36-28-18(27(20)32)7-9-22-26(28)19(12-25(31)37-22)15-4-3-5-17(10-15)35-14-24(29)30/h3-11,13,19H,12,14H2,1-2H3,(H2,29,30)/t19-/m0/s1. The van der Waals surface area contributed by atoms with E-state index in [1.807, 2.05) is 6.07 Å². The number of primary amides is 1. The summed E-state index contributed by atoms with van der Waals surface area (Å²) in [6.07, 6.45) is 1.43. The molecule has 3 aromatic carbocycles. The van der Waals surface area contributed by atoms with E-state index in [1.54, 1.807) is 48.5 Å². The quantitative estimate of drug-likeness (QED) is 0.299. The third kappa shape index (κ3) is 4.47. The van der Waals surface area contributed by atoms with E-state index in [0.717, 1.165) is 5.56 Å². The van der Waals surface area contributed by atoms with E-state index in [9.17, 15) is 14.4 Å². The Labute approximate surface area is 211 Å². The van der Waals surface area contributed by atoms with Crippen molar-refractivity contribution in [3.05, 3.63) is 82.2 Å². The largest absolute Gasteiger partial charge is 0.493 e. The Hall–Kier alpha value is -4.79. The number of fused-ring (bicyclic) bond motifs is 3. The summed E-state index contributed by atoms with van der Waals surface area (Å²) in [6.45, 7) is -0.274. The normalized spacial score (nSPS) is 14.5. The van der Waals surface area contributed by atoms with E-state index in [0.29, 0.717) is 50.7 Å². The summed E-state index contributed by atoms with van der Waals surface area (Å²) in [5.41, 5.74) is 7.54. The van der Waals surface area contributed by atoms with Crippen molar-refractivity contribution in [2.45, 2.75) is 12.3 Å². The molecule has 1 aliphatic heterocycles. The average Bonchev–Trinajstić information content (AvgIpc) is 2.91. The molecule has 0 saturated carbocycles. The minimum Gasteiger partial charge on any atom is -0.493 e. The van der Waals surface area contributed by atoms with Crippen molar-refractivity contribution in [3.63, 3.8) is 0 Å². The van der Waals surface area contributed by atoms with Gasteiger partial charge in [-0.1, -0.05) is 18.2 Å². The lowest BCUT2D eigenvalue weighted by Crippen LogP contribution is -2.22. The molecule has 0 fully saturated rings. The predicted molar refractivity (Wildman–Crippen MR) is 134 cm³/mol. The Balaban J connectivity index is 1.63. The molecule has 5 rings (SSSR count). The highest BCUT2D eigenvalue weighted by Gasteiger charge is 2.32. The van der Waals surface area contributed by atoms with Gasteiger partial charge in [0.15, 0.2) is 18.1 Å². The number of rotatable bonds is 7. The van der Waals surface area contributed by atoms with Crippen molar-refractivity contribution < 1.29 is 33.0 Å². The molecule has 9 nitrogen and oxygen atoms in total. The van der Waals surface area contributed by atoms with Crippen LogP contribution in [0.3, 0.4) is 0 Å². The van der Waals surface area contributed by atoms with Gasteiger partial charge in [0.25, 0.3) is 5.91 Å². The fourth-order valence-corrected chi connectivity index (χ4v) is 4.52. The summed E-state index contributed by atoms with van der Waals surface area (Å²) in [5, 5.41) is 0.343. The zero-order chi connectivity index (χ0) is 26.1.